The Morgan fingerprint density at radius 2 is 1.24 bits per heavy atom. The molecule has 0 aromatic rings. The smallest absolute Gasteiger partial charge is 0.310 e. The SMILES string of the molecule is CCCCCCCCCCCCCCCCCCCC(=O)OC[C@H](CO)OC(=O)C/C=C\C[C@H]1[C@@H](/C=C/[C@H](O)CCCCC)[C@H](O)C[C@@H]1O. The Morgan fingerprint density at radius 1 is 0.714 bits per heavy atom. The molecule has 0 heterocycles. The van der Waals surface area contributed by atoms with Gasteiger partial charge >= 0.3 is 11.9 Å². The fraction of sp³-hybridized carbons (Fsp3) is 0.854. The van der Waals surface area contributed by atoms with Crippen LogP contribution in [0.2, 0.25) is 0 Å². The van der Waals surface area contributed by atoms with Crippen molar-refractivity contribution in [3.63, 3.8) is 0 Å². The topological polar surface area (TPSA) is 134 Å². The number of esters is 2. The van der Waals surface area contributed by atoms with Crippen molar-refractivity contribution in [3.05, 3.63) is 24.3 Å². The second-order valence-electron chi connectivity index (χ2n) is 14.4. The molecule has 0 aliphatic heterocycles. The van der Waals surface area contributed by atoms with E-state index in [0.29, 0.717) is 19.3 Å². The van der Waals surface area contributed by atoms with Gasteiger partial charge in [0.2, 0.25) is 0 Å². The van der Waals surface area contributed by atoms with Crippen molar-refractivity contribution in [1.82, 2.24) is 0 Å². The Balaban J connectivity index is 2.12. The van der Waals surface area contributed by atoms with Gasteiger partial charge in [0.1, 0.15) is 6.61 Å². The molecule has 6 atom stereocenters. The van der Waals surface area contributed by atoms with Crippen LogP contribution in [0.15, 0.2) is 24.3 Å². The van der Waals surface area contributed by atoms with Gasteiger partial charge in [0, 0.05) is 18.8 Å². The maximum atomic E-state index is 12.3. The molecule has 8 nitrogen and oxygen atoms in total. The van der Waals surface area contributed by atoms with E-state index in [-0.39, 0.29) is 37.3 Å². The Morgan fingerprint density at radius 3 is 1.80 bits per heavy atom. The van der Waals surface area contributed by atoms with E-state index in [4.69, 9.17) is 9.47 Å². The van der Waals surface area contributed by atoms with E-state index in [9.17, 15) is 30.0 Å². The van der Waals surface area contributed by atoms with Crippen LogP contribution in [0.25, 0.3) is 0 Å². The van der Waals surface area contributed by atoms with Gasteiger partial charge < -0.3 is 29.9 Å². The highest BCUT2D eigenvalue weighted by Crippen LogP contribution is 2.36. The van der Waals surface area contributed by atoms with Crippen LogP contribution < -0.4 is 0 Å². The molecule has 1 fully saturated rings. The van der Waals surface area contributed by atoms with E-state index >= 15 is 0 Å². The van der Waals surface area contributed by atoms with Crippen LogP contribution in [-0.2, 0) is 19.1 Å². The van der Waals surface area contributed by atoms with Crippen molar-refractivity contribution in [2.75, 3.05) is 13.2 Å². The molecule has 0 aromatic carbocycles. The third-order valence-electron chi connectivity index (χ3n) is 9.85. The lowest BCUT2D eigenvalue weighted by atomic mass is 9.89. The van der Waals surface area contributed by atoms with E-state index in [1.165, 1.54) is 89.9 Å². The van der Waals surface area contributed by atoms with E-state index in [1.807, 2.05) is 6.08 Å². The molecule has 0 spiro atoms. The van der Waals surface area contributed by atoms with Crippen LogP contribution in [0, 0.1) is 11.8 Å². The van der Waals surface area contributed by atoms with Gasteiger partial charge in [-0.3, -0.25) is 9.59 Å². The molecule has 0 unspecified atom stereocenters. The number of allylic oxidation sites excluding steroid dienone is 1. The molecule has 4 N–H and O–H groups in total. The summed E-state index contributed by atoms with van der Waals surface area (Å²) in [6.45, 7) is 3.77. The van der Waals surface area contributed by atoms with Crippen LogP contribution in [0.1, 0.15) is 174 Å². The van der Waals surface area contributed by atoms with Gasteiger partial charge in [-0.15, -0.1) is 0 Å². The Labute approximate surface area is 299 Å². The minimum atomic E-state index is -0.912. The van der Waals surface area contributed by atoms with Gasteiger partial charge in [-0.05, 0) is 25.2 Å². The van der Waals surface area contributed by atoms with E-state index < -0.39 is 37.0 Å². The fourth-order valence-electron chi connectivity index (χ4n) is 6.71. The molecule has 0 aromatic heterocycles. The summed E-state index contributed by atoms with van der Waals surface area (Å²) in [4.78, 5) is 24.5. The van der Waals surface area contributed by atoms with Gasteiger partial charge in [-0.2, -0.15) is 0 Å². The van der Waals surface area contributed by atoms with Crippen LogP contribution in [-0.4, -0.2) is 70.0 Å². The Hall–Kier alpha value is -1.74. The first-order valence-electron chi connectivity index (χ1n) is 20.2. The summed E-state index contributed by atoms with van der Waals surface area (Å²) in [6.07, 6.45) is 30.8. The van der Waals surface area contributed by atoms with E-state index in [0.717, 1.165) is 38.5 Å². The van der Waals surface area contributed by atoms with Crippen LogP contribution in [0.4, 0.5) is 0 Å². The molecule has 0 bridgehead atoms. The highest BCUT2D eigenvalue weighted by molar-refractivity contribution is 5.71. The Bertz CT molecular complexity index is 858. The average Bonchev–Trinajstić information content (AvgIpc) is 3.36. The average molecular weight is 695 g/mol. The lowest BCUT2D eigenvalue weighted by Gasteiger charge is -2.19. The zero-order chi connectivity index (χ0) is 36.0. The molecule has 1 aliphatic carbocycles. The van der Waals surface area contributed by atoms with Crippen molar-refractivity contribution >= 4 is 11.9 Å². The first-order chi connectivity index (χ1) is 23.8. The molecule has 0 saturated heterocycles. The first-order valence-corrected chi connectivity index (χ1v) is 20.2. The molecular formula is C41H74O8. The third kappa shape index (κ3) is 24.1. The van der Waals surface area contributed by atoms with Gasteiger partial charge in [-0.25, -0.2) is 0 Å². The summed E-state index contributed by atoms with van der Waals surface area (Å²) >= 11 is 0. The summed E-state index contributed by atoms with van der Waals surface area (Å²) < 4.78 is 10.5. The zero-order valence-corrected chi connectivity index (χ0v) is 31.3. The predicted octanol–water partition coefficient (Wildman–Crippen LogP) is 8.67. The minimum absolute atomic E-state index is 0.0221. The van der Waals surface area contributed by atoms with Crippen LogP contribution in [0.3, 0.4) is 0 Å². The molecule has 1 saturated carbocycles. The van der Waals surface area contributed by atoms with Crippen molar-refractivity contribution in [3.8, 4) is 0 Å². The second-order valence-corrected chi connectivity index (χ2v) is 14.4. The zero-order valence-electron chi connectivity index (χ0n) is 31.3. The van der Waals surface area contributed by atoms with Crippen LogP contribution in [0.5, 0.6) is 0 Å². The third-order valence-corrected chi connectivity index (χ3v) is 9.85. The quantitative estimate of drug-likeness (QED) is 0.0312. The molecule has 0 amide bonds. The number of ether oxygens (including phenoxy) is 2. The summed E-state index contributed by atoms with van der Waals surface area (Å²) in [6, 6.07) is 0. The molecule has 8 heteroatoms. The predicted molar refractivity (Wildman–Crippen MR) is 198 cm³/mol. The maximum Gasteiger partial charge on any atom is 0.310 e. The standard InChI is InChI=1S/C41H74O8/c1-3-5-7-8-9-10-11-12-13-14-15-16-17-18-19-20-22-27-40(46)48-33-35(32-42)49-41(47)28-24-23-26-36-37(39(45)31-38(36)44)30-29-34(43)25-21-6-4-2/h23-24,29-30,34-39,42-45H,3-22,25-28,31-33H2,1-2H3/b24-23-,30-29+/t34-,35+,36+,37-,38+,39-/m1/s1. The lowest BCUT2D eigenvalue weighted by molar-refractivity contribution is -0.160. The highest BCUT2D eigenvalue weighted by atomic mass is 16.6. The number of rotatable bonds is 32. The fourth-order valence-corrected chi connectivity index (χ4v) is 6.71. The Kier molecular flexibility index (Phi) is 28.7. The molecule has 0 radical (unpaired) electrons. The summed E-state index contributed by atoms with van der Waals surface area (Å²) in [7, 11) is 0. The molecule has 49 heavy (non-hydrogen) atoms. The van der Waals surface area contributed by atoms with Crippen molar-refractivity contribution in [2.24, 2.45) is 11.8 Å². The van der Waals surface area contributed by atoms with Gasteiger partial charge in [-0.1, -0.05) is 160 Å². The summed E-state index contributed by atoms with van der Waals surface area (Å²) in [5.41, 5.74) is 0. The number of aliphatic hydroxyl groups is 4. The lowest BCUT2D eigenvalue weighted by Crippen LogP contribution is -2.28. The van der Waals surface area contributed by atoms with Crippen LogP contribution >= 0.6 is 0 Å². The first kappa shape index (κ1) is 45.3. The van der Waals surface area contributed by atoms with Gasteiger partial charge in [0.25, 0.3) is 0 Å². The van der Waals surface area contributed by atoms with Crippen molar-refractivity contribution < 1.29 is 39.5 Å². The maximum absolute atomic E-state index is 12.3. The number of hydrogen-bond acceptors (Lipinski definition) is 8. The molecule has 1 rings (SSSR count). The minimum Gasteiger partial charge on any atom is -0.462 e. The molecule has 286 valence electrons. The van der Waals surface area contributed by atoms with Crippen molar-refractivity contribution in [1.29, 1.82) is 0 Å². The molecular weight excluding hydrogens is 620 g/mol. The summed E-state index contributed by atoms with van der Waals surface area (Å²) in [5, 5.41) is 40.7. The number of carbonyl (C=O) groups excluding carboxylic acids is 2. The van der Waals surface area contributed by atoms with E-state index in [1.54, 1.807) is 18.2 Å². The highest BCUT2D eigenvalue weighted by Gasteiger charge is 2.39. The second kappa shape index (κ2) is 31.0. The number of hydrogen-bond donors (Lipinski definition) is 4. The van der Waals surface area contributed by atoms with E-state index in [2.05, 4.69) is 13.8 Å². The monoisotopic (exact) mass is 695 g/mol. The number of aliphatic hydroxyl groups excluding tert-OH is 4. The summed E-state index contributed by atoms with van der Waals surface area (Å²) in [5.74, 6) is -1.38. The molecule has 1 aliphatic rings. The largest absolute Gasteiger partial charge is 0.462 e. The normalized spacial score (nSPS) is 20.7. The number of unbranched alkanes of at least 4 members (excludes halogenated alkanes) is 18. The van der Waals surface area contributed by atoms with Crippen molar-refractivity contribution in [2.45, 2.75) is 199 Å². The van der Waals surface area contributed by atoms with Gasteiger partial charge in [0.05, 0.1) is 31.3 Å². The van der Waals surface area contributed by atoms with Gasteiger partial charge in [0.15, 0.2) is 6.10 Å². The number of carbonyl (C=O) groups is 2.